The quantitative estimate of drug-likeness (QED) is 0.302. The van der Waals surface area contributed by atoms with Gasteiger partial charge in [-0.3, -0.25) is 4.90 Å². The Morgan fingerprint density at radius 3 is 2.36 bits per heavy atom. The zero-order valence-electron chi connectivity index (χ0n) is 20.3. The van der Waals surface area contributed by atoms with E-state index in [0.29, 0.717) is 25.0 Å². The number of hydrogen-bond acceptors (Lipinski definition) is 5. The van der Waals surface area contributed by atoms with Crippen molar-refractivity contribution in [3.63, 3.8) is 0 Å². The van der Waals surface area contributed by atoms with Gasteiger partial charge in [-0.15, -0.1) is 0 Å². The van der Waals surface area contributed by atoms with Crippen molar-refractivity contribution in [3.8, 4) is 23.1 Å². The average molecular weight is 488 g/mol. The summed E-state index contributed by atoms with van der Waals surface area (Å²) < 4.78 is 28.2. The Morgan fingerprint density at radius 2 is 1.67 bits per heavy atom. The summed E-state index contributed by atoms with van der Waals surface area (Å²) in [4.78, 5) is 2.24. The van der Waals surface area contributed by atoms with Crippen molar-refractivity contribution in [2.45, 2.75) is 38.5 Å². The van der Waals surface area contributed by atoms with E-state index < -0.39 is 11.9 Å². The number of rotatable bonds is 11. The lowest BCUT2D eigenvalue weighted by Crippen LogP contribution is -2.36. The predicted octanol–water partition coefficient (Wildman–Crippen LogP) is 5.52. The summed E-state index contributed by atoms with van der Waals surface area (Å²) in [6.07, 6.45) is 1.48. The minimum atomic E-state index is -0.661. The third-order valence-corrected chi connectivity index (χ3v) is 6.24. The Bertz CT molecular complexity index is 1280. The van der Waals surface area contributed by atoms with Crippen molar-refractivity contribution in [2.24, 2.45) is 0 Å². The molecule has 0 unspecified atom stereocenters. The first-order valence-corrected chi connectivity index (χ1v) is 12.2. The molecule has 5 rings (SSSR count). The molecule has 0 saturated heterocycles. The normalized spacial score (nSPS) is 14.1. The second-order valence-electron chi connectivity index (χ2n) is 9.09. The van der Waals surface area contributed by atoms with Crippen molar-refractivity contribution in [1.82, 2.24) is 14.7 Å². The topological polar surface area (TPSA) is 59.8 Å². The van der Waals surface area contributed by atoms with Crippen molar-refractivity contribution in [3.05, 3.63) is 102 Å². The molecule has 0 spiro atoms. The van der Waals surface area contributed by atoms with Gasteiger partial charge in [-0.25, -0.2) is 9.07 Å². The fourth-order valence-corrected chi connectivity index (χ4v) is 4.22. The van der Waals surface area contributed by atoms with Crippen molar-refractivity contribution in [2.75, 3.05) is 13.2 Å². The second-order valence-corrected chi connectivity index (χ2v) is 9.09. The van der Waals surface area contributed by atoms with Crippen LogP contribution in [-0.4, -0.2) is 45.1 Å². The van der Waals surface area contributed by atoms with Crippen molar-refractivity contribution < 1.29 is 19.0 Å². The highest BCUT2D eigenvalue weighted by molar-refractivity contribution is 5.43. The molecule has 1 heterocycles. The maximum Gasteiger partial charge on any atom is 0.227 e. The Hall–Kier alpha value is -3.68. The number of aliphatic hydroxyl groups is 1. The Labute approximate surface area is 210 Å². The SMILES string of the molecule is Cc1nn(-c2ccccc2)c(Oc2ccccc2F)c1CN(C[C@H](O)COc1ccccc1)C1CC1. The third-order valence-electron chi connectivity index (χ3n) is 6.24. The number of hydrogen-bond donors (Lipinski definition) is 1. The van der Waals surface area contributed by atoms with Gasteiger partial charge in [-0.2, -0.15) is 5.10 Å². The van der Waals surface area contributed by atoms with Gasteiger partial charge >= 0.3 is 0 Å². The number of halogens is 1. The van der Waals surface area contributed by atoms with Crippen LogP contribution in [0.1, 0.15) is 24.1 Å². The van der Waals surface area contributed by atoms with Gasteiger partial charge in [0, 0.05) is 19.1 Å². The zero-order chi connectivity index (χ0) is 24.9. The van der Waals surface area contributed by atoms with Crippen LogP contribution in [0.2, 0.25) is 0 Å². The summed E-state index contributed by atoms with van der Waals surface area (Å²) in [5.74, 6) is 0.916. The molecule has 1 N–H and O–H groups in total. The largest absolute Gasteiger partial charge is 0.491 e. The van der Waals surface area contributed by atoms with E-state index in [2.05, 4.69) is 4.90 Å². The summed E-state index contributed by atoms with van der Waals surface area (Å²) in [6, 6.07) is 25.9. The Morgan fingerprint density at radius 1 is 1.00 bits per heavy atom. The maximum atomic E-state index is 14.5. The smallest absolute Gasteiger partial charge is 0.227 e. The number of benzene rings is 3. The maximum absolute atomic E-state index is 14.5. The first kappa shape index (κ1) is 24.0. The molecule has 0 aliphatic heterocycles. The first-order chi connectivity index (χ1) is 17.6. The lowest BCUT2D eigenvalue weighted by Gasteiger charge is -2.25. The molecule has 6 nitrogen and oxygen atoms in total. The molecular weight excluding hydrogens is 457 g/mol. The van der Waals surface area contributed by atoms with E-state index in [1.807, 2.05) is 67.6 Å². The van der Waals surface area contributed by atoms with Crippen LogP contribution in [0.3, 0.4) is 0 Å². The lowest BCUT2D eigenvalue weighted by atomic mass is 10.2. The molecule has 1 fully saturated rings. The molecule has 1 aromatic heterocycles. The highest BCUT2D eigenvalue weighted by atomic mass is 19.1. The standard InChI is InChI=1S/C29H30FN3O3/c1-21-26(19-32(22-16-17-22)18-24(34)20-35-25-12-6-3-7-13-25)29(36-28-15-9-8-14-27(28)30)33(31-21)23-10-4-2-5-11-23/h2-15,22,24,34H,16-20H2,1H3/t24-/m0/s1. The van der Waals surface area contributed by atoms with Crippen LogP contribution >= 0.6 is 0 Å². The summed E-state index contributed by atoms with van der Waals surface area (Å²) in [5.41, 5.74) is 2.49. The highest BCUT2D eigenvalue weighted by Crippen LogP contribution is 2.35. The lowest BCUT2D eigenvalue weighted by molar-refractivity contribution is 0.0623. The molecule has 0 radical (unpaired) electrons. The van der Waals surface area contributed by atoms with Crippen LogP contribution in [0.25, 0.3) is 5.69 Å². The summed E-state index contributed by atoms with van der Waals surface area (Å²) in [6.45, 7) is 3.11. The minimum Gasteiger partial charge on any atom is -0.491 e. The monoisotopic (exact) mass is 487 g/mol. The molecule has 3 aromatic carbocycles. The molecule has 0 bridgehead atoms. The fourth-order valence-electron chi connectivity index (χ4n) is 4.22. The van der Waals surface area contributed by atoms with Crippen LogP contribution in [-0.2, 0) is 6.54 Å². The van der Waals surface area contributed by atoms with Crippen LogP contribution in [0.5, 0.6) is 17.4 Å². The molecular formula is C29H30FN3O3. The van der Waals surface area contributed by atoms with E-state index in [9.17, 15) is 9.50 Å². The molecule has 1 aliphatic rings. The molecule has 4 aromatic rings. The van der Waals surface area contributed by atoms with E-state index in [4.69, 9.17) is 14.6 Å². The predicted molar refractivity (Wildman–Crippen MR) is 136 cm³/mol. The van der Waals surface area contributed by atoms with Crippen molar-refractivity contribution in [1.29, 1.82) is 0 Å². The van der Waals surface area contributed by atoms with Crippen LogP contribution < -0.4 is 9.47 Å². The molecule has 1 atom stereocenters. The molecule has 0 amide bonds. The number of nitrogens with zero attached hydrogens (tertiary/aromatic N) is 3. The number of aliphatic hydroxyl groups excluding tert-OH is 1. The number of ether oxygens (including phenoxy) is 2. The van der Waals surface area contributed by atoms with Crippen molar-refractivity contribution >= 4 is 0 Å². The third kappa shape index (κ3) is 5.75. The summed E-state index contributed by atoms with van der Waals surface area (Å²) in [5, 5.41) is 15.5. The van der Waals surface area contributed by atoms with Gasteiger partial charge in [0.2, 0.25) is 5.88 Å². The Kier molecular flexibility index (Phi) is 7.30. The molecule has 1 aliphatic carbocycles. The van der Waals surface area contributed by atoms with Gasteiger partial charge in [0.15, 0.2) is 11.6 Å². The summed E-state index contributed by atoms with van der Waals surface area (Å²) in [7, 11) is 0. The molecule has 186 valence electrons. The highest BCUT2D eigenvalue weighted by Gasteiger charge is 2.33. The minimum absolute atomic E-state index is 0.144. The van der Waals surface area contributed by atoms with E-state index in [1.54, 1.807) is 22.9 Å². The Balaban J connectivity index is 1.39. The van der Waals surface area contributed by atoms with Gasteiger partial charge < -0.3 is 14.6 Å². The fraction of sp³-hybridized carbons (Fsp3) is 0.276. The van der Waals surface area contributed by atoms with Crippen LogP contribution in [0.15, 0.2) is 84.9 Å². The number of para-hydroxylation sites is 3. The summed E-state index contributed by atoms with van der Waals surface area (Å²) >= 11 is 0. The molecule has 7 heteroatoms. The van der Waals surface area contributed by atoms with Gasteiger partial charge in [0.05, 0.1) is 16.9 Å². The van der Waals surface area contributed by atoms with E-state index in [0.717, 1.165) is 35.5 Å². The van der Waals surface area contributed by atoms with E-state index in [1.165, 1.54) is 6.07 Å². The van der Waals surface area contributed by atoms with Gasteiger partial charge in [-0.05, 0) is 56.2 Å². The van der Waals surface area contributed by atoms with E-state index >= 15 is 0 Å². The van der Waals surface area contributed by atoms with Gasteiger partial charge in [0.1, 0.15) is 18.5 Å². The second kappa shape index (κ2) is 10.9. The molecule has 1 saturated carbocycles. The zero-order valence-corrected chi connectivity index (χ0v) is 20.3. The molecule has 36 heavy (non-hydrogen) atoms. The van der Waals surface area contributed by atoms with Gasteiger partial charge in [-0.1, -0.05) is 48.5 Å². The van der Waals surface area contributed by atoms with E-state index in [-0.39, 0.29) is 12.4 Å². The first-order valence-electron chi connectivity index (χ1n) is 12.2. The number of aryl methyl sites for hydroxylation is 1. The van der Waals surface area contributed by atoms with Gasteiger partial charge in [0.25, 0.3) is 0 Å². The average Bonchev–Trinajstić information content (AvgIpc) is 3.71. The van der Waals surface area contributed by atoms with Crippen LogP contribution in [0.4, 0.5) is 4.39 Å². The van der Waals surface area contributed by atoms with Crippen LogP contribution in [0, 0.1) is 12.7 Å². The number of aromatic nitrogens is 2.